The van der Waals surface area contributed by atoms with Gasteiger partial charge in [-0.1, -0.05) is 24.3 Å². The van der Waals surface area contributed by atoms with Crippen LogP contribution >= 0.6 is 11.3 Å². The van der Waals surface area contributed by atoms with E-state index in [0.717, 1.165) is 13.0 Å². The number of thiazole rings is 1. The average Bonchev–Trinajstić information content (AvgIpc) is 2.82. The Morgan fingerprint density at radius 3 is 2.82 bits per heavy atom. The van der Waals surface area contributed by atoms with Crippen molar-refractivity contribution in [3.05, 3.63) is 52.0 Å². The lowest BCUT2D eigenvalue weighted by molar-refractivity contribution is 0.626. The summed E-state index contributed by atoms with van der Waals surface area (Å²) < 4.78 is 0. The minimum atomic E-state index is 0.529. The molecular formula is C14H18N2S. The SMILES string of the molecule is CNCC(Cc1cncs1)c1ccccc1C. The van der Waals surface area contributed by atoms with E-state index in [2.05, 4.69) is 41.5 Å². The maximum absolute atomic E-state index is 4.15. The van der Waals surface area contributed by atoms with Gasteiger partial charge in [-0.15, -0.1) is 11.3 Å². The molecule has 0 aliphatic carbocycles. The molecule has 1 atom stereocenters. The van der Waals surface area contributed by atoms with Gasteiger partial charge in [-0.3, -0.25) is 4.98 Å². The summed E-state index contributed by atoms with van der Waals surface area (Å²) >= 11 is 1.74. The highest BCUT2D eigenvalue weighted by atomic mass is 32.1. The molecule has 0 amide bonds. The van der Waals surface area contributed by atoms with Crippen LogP contribution in [0.5, 0.6) is 0 Å². The molecule has 0 saturated carbocycles. The van der Waals surface area contributed by atoms with E-state index in [-0.39, 0.29) is 0 Å². The molecule has 90 valence electrons. The van der Waals surface area contributed by atoms with Gasteiger partial charge in [0.1, 0.15) is 0 Å². The fraction of sp³-hybridized carbons (Fsp3) is 0.357. The monoisotopic (exact) mass is 246 g/mol. The minimum absolute atomic E-state index is 0.529. The summed E-state index contributed by atoms with van der Waals surface area (Å²) in [6.07, 6.45) is 3.04. The second-order valence-corrected chi connectivity index (χ2v) is 5.25. The van der Waals surface area contributed by atoms with Gasteiger partial charge in [0.15, 0.2) is 0 Å². The fourth-order valence-corrected chi connectivity index (χ4v) is 2.85. The van der Waals surface area contributed by atoms with Crippen LogP contribution in [0.2, 0.25) is 0 Å². The number of aromatic nitrogens is 1. The Morgan fingerprint density at radius 2 is 2.18 bits per heavy atom. The van der Waals surface area contributed by atoms with Crippen molar-refractivity contribution in [3.8, 4) is 0 Å². The Labute approximate surface area is 107 Å². The Balaban J connectivity index is 2.20. The molecule has 3 heteroatoms. The molecule has 1 unspecified atom stereocenters. The number of likely N-dealkylation sites (N-methyl/N-ethyl adjacent to an activating group) is 1. The summed E-state index contributed by atoms with van der Waals surface area (Å²) in [4.78, 5) is 5.50. The topological polar surface area (TPSA) is 24.9 Å². The van der Waals surface area contributed by atoms with Crippen molar-refractivity contribution < 1.29 is 0 Å². The summed E-state index contributed by atoms with van der Waals surface area (Å²) in [6.45, 7) is 3.19. The number of nitrogens with one attached hydrogen (secondary N) is 1. The third kappa shape index (κ3) is 3.14. The van der Waals surface area contributed by atoms with Gasteiger partial charge >= 0.3 is 0 Å². The lowest BCUT2D eigenvalue weighted by Crippen LogP contribution is -2.19. The normalized spacial score (nSPS) is 12.6. The van der Waals surface area contributed by atoms with Crippen molar-refractivity contribution in [2.24, 2.45) is 0 Å². The van der Waals surface area contributed by atoms with Crippen molar-refractivity contribution in [1.29, 1.82) is 0 Å². The van der Waals surface area contributed by atoms with E-state index in [9.17, 15) is 0 Å². The van der Waals surface area contributed by atoms with Gasteiger partial charge in [-0.05, 0) is 31.5 Å². The zero-order chi connectivity index (χ0) is 12.1. The van der Waals surface area contributed by atoms with Gasteiger partial charge in [0.05, 0.1) is 5.51 Å². The lowest BCUT2D eigenvalue weighted by Gasteiger charge is -2.18. The first-order valence-electron chi connectivity index (χ1n) is 5.88. The van der Waals surface area contributed by atoms with Gasteiger partial charge in [0.25, 0.3) is 0 Å². The quantitative estimate of drug-likeness (QED) is 0.877. The first-order valence-corrected chi connectivity index (χ1v) is 6.76. The van der Waals surface area contributed by atoms with Crippen LogP contribution in [-0.2, 0) is 6.42 Å². The van der Waals surface area contributed by atoms with Crippen molar-refractivity contribution in [2.45, 2.75) is 19.3 Å². The Bertz CT molecular complexity index is 451. The van der Waals surface area contributed by atoms with Gasteiger partial charge in [0.2, 0.25) is 0 Å². The van der Waals surface area contributed by atoms with E-state index < -0.39 is 0 Å². The highest BCUT2D eigenvalue weighted by Gasteiger charge is 2.14. The molecule has 1 aromatic heterocycles. The van der Waals surface area contributed by atoms with Crippen LogP contribution in [-0.4, -0.2) is 18.6 Å². The molecule has 0 radical (unpaired) electrons. The summed E-state index contributed by atoms with van der Waals surface area (Å²) in [6, 6.07) is 8.64. The molecule has 0 bridgehead atoms. The van der Waals surface area contributed by atoms with E-state index in [1.807, 2.05) is 18.8 Å². The van der Waals surface area contributed by atoms with Gasteiger partial charge < -0.3 is 5.32 Å². The molecule has 0 aliphatic heterocycles. The van der Waals surface area contributed by atoms with E-state index in [1.54, 1.807) is 11.3 Å². The van der Waals surface area contributed by atoms with Crippen LogP contribution in [0, 0.1) is 6.92 Å². The third-order valence-electron chi connectivity index (χ3n) is 3.01. The molecule has 1 aromatic carbocycles. The second-order valence-electron chi connectivity index (χ2n) is 4.28. The zero-order valence-corrected chi connectivity index (χ0v) is 11.1. The molecule has 2 rings (SSSR count). The number of nitrogens with zero attached hydrogens (tertiary/aromatic N) is 1. The van der Waals surface area contributed by atoms with E-state index in [0.29, 0.717) is 5.92 Å². The standard InChI is InChI=1S/C14H18N2S/c1-11-5-3-4-6-14(11)12(8-15-2)7-13-9-16-10-17-13/h3-6,9-10,12,15H,7-8H2,1-2H3. The van der Waals surface area contributed by atoms with Crippen LogP contribution in [0.3, 0.4) is 0 Å². The molecule has 2 aromatic rings. The number of rotatable bonds is 5. The minimum Gasteiger partial charge on any atom is -0.319 e. The van der Waals surface area contributed by atoms with Gasteiger partial charge in [-0.2, -0.15) is 0 Å². The predicted octanol–water partition coefficient (Wildman–Crippen LogP) is 3.00. The lowest BCUT2D eigenvalue weighted by atomic mass is 9.91. The van der Waals surface area contributed by atoms with Crippen LogP contribution < -0.4 is 5.32 Å². The highest BCUT2D eigenvalue weighted by Crippen LogP contribution is 2.24. The van der Waals surface area contributed by atoms with Crippen LogP contribution in [0.1, 0.15) is 21.9 Å². The van der Waals surface area contributed by atoms with Crippen molar-refractivity contribution in [2.75, 3.05) is 13.6 Å². The maximum atomic E-state index is 4.15. The summed E-state index contributed by atoms with van der Waals surface area (Å²) in [5, 5.41) is 3.29. The first kappa shape index (κ1) is 12.3. The third-order valence-corrected chi connectivity index (χ3v) is 3.81. The second kappa shape index (κ2) is 5.94. The van der Waals surface area contributed by atoms with E-state index in [1.165, 1.54) is 16.0 Å². The molecule has 0 fully saturated rings. The van der Waals surface area contributed by atoms with E-state index >= 15 is 0 Å². The number of benzene rings is 1. The molecule has 2 nitrogen and oxygen atoms in total. The van der Waals surface area contributed by atoms with Crippen LogP contribution in [0.15, 0.2) is 36.0 Å². The smallest absolute Gasteiger partial charge is 0.0794 e. The number of aryl methyl sites for hydroxylation is 1. The van der Waals surface area contributed by atoms with Crippen molar-refractivity contribution >= 4 is 11.3 Å². The Kier molecular flexibility index (Phi) is 4.29. The fourth-order valence-electron chi connectivity index (χ4n) is 2.17. The first-order chi connectivity index (χ1) is 8.31. The number of hydrogen-bond donors (Lipinski definition) is 1. The molecular weight excluding hydrogens is 228 g/mol. The maximum Gasteiger partial charge on any atom is 0.0794 e. The Morgan fingerprint density at radius 1 is 1.35 bits per heavy atom. The number of hydrogen-bond acceptors (Lipinski definition) is 3. The summed E-state index contributed by atoms with van der Waals surface area (Å²) in [5.41, 5.74) is 4.72. The van der Waals surface area contributed by atoms with Crippen molar-refractivity contribution in [3.63, 3.8) is 0 Å². The van der Waals surface area contributed by atoms with Crippen LogP contribution in [0.4, 0.5) is 0 Å². The zero-order valence-electron chi connectivity index (χ0n) is 10.3. The Hall–Kier alpha value is -1.19. The molecule has 1 heterocycles. The predicted molar refractivity (Wildman–Crippen MR) is 73.7 cm³/mol. The van der Waals surface area contributed by atoms with Gasteiger partial charge in [-0.25, -0.2) is 0 Å². The molecule has 0 aliphatic rings. The summed E-state index contributed by atoms with van der Waals surface area (Å²) in [5.74, 6) is 0.529. The molecule has 1 N–H and O–H groups in total. The molecule has 0 saturated heterocycles. The average molecular weight is 246 g/mol. The largest absolute Gasteiger partial charge is 0.319 e. The highest BCUT2D eigenvalue weighted by molar-refractivity contribution is 7.09. The van der Waals surface area contributed by atoms with Crippen LogP contribution in [0.25, 0.3) is 0 Å². The summed E-state index contributed by atoms with van der Waals surface area (Å²) in [7, 11) is 2.01. The molecule has 0 spiro atoms. The van der Waals surface area contributed by atoms with E-state index in [4.69, 9.17) is 0 Å². The van der Waals surface area contributed by atoms with Crippen molar-refractivity contribution in [1.82, 2.24) is 10.3 Å². The van der Waals surface area contributed by atoms with Gasteiger partial charge in [0, 0.05) is 23.5 Å². The molecule has 17 heavy (non-hydrogen) atoms.